The summed E-state index contributed by atoms with van der Waals surface area (Å²) in [5.41, 5.74) is 0.696. The topological polar surface area (TPSA) is 0 Å². The van der Waals surface area contributed by atoms with Crippen molar-refractivity contribution < 1.29 is 13.2 Å². The number of halogens is 3. The first-order valence-electron chi connectivity index (χ1n) is 5.66. The Hall–Kier alpha value is -0.990. The Morgan fingerprint density at radius 1 is 1.12 bits per heavy atom. The van der Waals surface area contributed by atoms with Gasteiger partial charge in [0.25, 0.3) is 0 Å². The molecule has 1 saturated carbocycles. The van der Waals surface area contributed by atoms with Crippen molar-refractivity contribution in [3.8, 4) is 0 Å². The van der Waals surface area contributed by atoms with E-state index in [0.717, 1.165) is 31.2 Å². The van der Waals surface area contributed by atoms with Crippen LogP contribution in [0.15, 0.2) is 18.2 Å². The standard InChI is InChI=1S/C13H15F3/c1-9-6-7-11(10-4-2-3-5-10)8-12(9)13(14,15)16/h6-8,10H,2-5H2,1H3. The molecule has 0 spiro atoms. The Kier molecular flexibility index (Phi) is 2.96. The van der Waals surface area contributed by atoms with Gasteiger partial charge in [-0.1, -0.05) is 25.0 Å². The van der Waals surface area contributed by atoms with Crippen LogP contribution in [0.3, 0.4) is 0 Å². The Morgan fingerprint density at radius 3 is 2.31 bits per heavy atom. The maximum absolute atomic E-state index is 12.7. The molecule has 0 aromatic heterocycles. The predicted octanol–water partition coefficient (Wildman–Crippen LogP) is 4.67. The third kappa shape index (κ3) is 2.23. The van der Waals surface area contributed by atoms with Crippen molar-refractivity contribution in [2.45, 2.75) is 44.7 Å². The molecular formula is C13H15F3. The van der Waals surface area contributed by atoms with Gasteiger partial charge in [0.2, 0.25) is 0 Å². The average molecular weight is 228 g/mol. The van der Waals surface area contributed by atoms with Gasteiger partial charge >= 0.3 is 6.18 Å². The summed E-state index contributed by atoms with van der Waals surface area (Å²) < 4.78 is 38.1. The molecule has 0 nitrogen and oxygen atoms in total. The average Bonchev–Trinajstić information content (AvgIpc) is 2.69. The Labute approximate surface area is 93.5 Å². The first-order chi connectivity index (χ1) is 7.48. The Morgan fingerprint density at radius 2 is 1.75 bits per heavy atom. The van der Waals surface area contributed by atoms with Gasteiger partial charge in [-0.3, -0.25) is 0 Å². The van der Waals surface area contributed by atoms with Gasteiger partial charge in [0.1, 0.15) is 0 Å². The maximum Gasteiger partial charge on any atom is 0.416 e. The van der Waals surface area contributed by atoms with E-state index in [1.165, 1.54) is 13.0 Å². The molecule has 0 amide bonds. The molecular weight excluding hydrogens is 213 g/mol. The van der Waals surface area contributed by atoms with E-state index in [0.29, 0.717) is 11.5 Å². The van der Waals surface area contributed by atoms with E-state index in [1.807, 2.05) is 6.07 Å². The second-order valence-corrected chi connectivity index (χ2v) is 4.55. The first-order valence-corrected chi connectivity index (χ1v) is 5.66. The van der Waals surface area contributed by atoms with Crippen LogP contribution < -0.4 is 0 Å². The second kappa shape index (κ2) is 4.11. The lowest BCUT2D eigenvalue weighted by atomic mass is 9.94. The number of benzene rings is 1. The van der Waals surface area contributed by atoms with E-state index in [-0.39, 0.29) is 0 Å². The molecule has 16 heavy (non-hydrogen) atoms. The number of rotatable bonds is 1. The number of hydrogen-bond donors (Lipinski definition) is 0. The van der Waals surface area contributed by atoms with E-state index >= 15 is 0 Å². The van der Waals surface area contributed by atoms with Crippen molar-refractivity contribution >= 4 is 0 Å². The largest absolute Gasteiger partial charge is 0.416 e. The molecule has 3 heteroatoms. The van der Waals surface area contributed by atoms with Crippen molar-refractivity contribution in [3.63, 3.8) is 0 Å². The minimum absolute atomic E-state index is 0.314. The van der Waals surface area contributed by atoms with Crippen molar-refractivity contribution in [3.05, 3.63) is 34.9 Å². The fourth-order valence-electron chi connectivity index (χ4n) is 2.46. The van der Waals surface area contributed by atoms with Crippen LogP contribution in [0.2, 0.25) is 0 Å². The molecule has 0 atom stereocenters. The Balaban J connectivity index is 2.35. The molecule has 2 rings (SSSR count). The summed E-state index contributed by atoms with van der Waals surface area (Å²) in [5.74, 6) is 0.335. The summed E-state index contributed by atoms with van der Waals surface area (Å²) in [4.78, 5) is 0. The minimum atomic E-state index is -4.22. The SMILES string of the molecule is Cc1ccc(C2CCCC2)cc1C(F)(F)F. The second-order valence-electron chi connectivity index (χ2n) is 4.55. The molecule has 88 valence electrons. The van der Waals surface area contributed by atoms with Gasteiger partial charge in [-0.25, -0.2) is 0 Å². The molecule has 0 bridgehead atoms. The lowest BCUT2D eigenvalue weighted by Crippen LogP contribution is -2.08. The zero-order valence-corrected chi connectivity index (χ0v) is 9.27. The highest BCUT2D eigenvalue weighted by molar-refractivity contribution is 5.35. The van der Waals surface area contributed by atoms with Gasteiger partial charge in [0.15, 0.2) is 0 Å². The molecule has 0 unspecified atom stereocenters. The third-order valence-electron chi connectivity index (χ3n) is 3.39. The van der Waals surface area contributed by atoms with Crippen molar-refractivity contribution in [1.29, 1.82) is 0 Å². The van der Waals surface area contributed by atoms with Crippen molar-refractivity contribution in [1.82, 2.24) is 0 Å². The first kappa shape index (κ1) is 11.5. The van der Waals surface area contributed by atoms with Gasteiger partial charge in [0.05, 0.1) is 5.56 Å². The fraction of sp³-hybridized carbons (Fsp3) is 0.538. The van der Waals surface area contributed by atoms with E-state index in [1.54, 1.807) is 6.07 Å². The molecule has 1 aromatic carbocycles. The minimum Gasteiger partial charge on any atom is -0.166 e. The molecule has 0 N–H and O–H groups in total. The van der Waals surface area contributed by atoms with Crippen LogP contribution in [0.1, 0.15) is 48.3 Å². The lowest BCUT2D eigenvalue weighted by Gasteiger charge is -2.15. The van der Waals surface area contributed by atoms with Crippen LogP contribution in [0, 0.1) is 6.92 Å². The van der Waals surface area contributed by atoms with Crippen LogP contribution in [0.25, 0.3) is 0 Å². The molecule has 0 aliphatic heterocycles. The van der Waals surface area contributed by atoms with E-state index in [4.69, 9.17) is 0 Å². The van der Waals surface area contributed by atoms with Crippen molar-refractivity contribution in [2.24, 2.45) is 0 Å². The molecule has 0 saturated heterocycles. The lowest BCUT2D eigenvalue weighted by molar-refractivity contribution is -0.138. The summed E-state index contributed by atoms with van der Waals surface area (Å²) in [7, 11) is 0. The number of aryl methyl sites for hydroxylation is 1. The number of hydrogen-bond acceptors (Lipinski definition) is 0. The van der Waals surface area contributed by atoms with Crippen molar-refractivity contribution in [2.75, 3.05) is 0 Å². The van der Waals surface area contributed by atoms with Crippen LogP contribution in [-0.2, 0) is 6.18 Å². The smallest absolute Gasteiger partial charge is 0.166 e. The van der Waals surface area contributed by atoms with Gasteiger partial charge in [0, 0.05) is 0 Å². The number of alkyl halides is 3. The molecule has 1 fully saturated rings. The third-order valence-corrected chi connectivity index (χ3v) is 3.39. The zero-order valence-electron chi connectivity index (χ0n) is 9.27. The normalized spacial score (nSPS) is 18.0. The molecule has 0 radical (unpaired) electrons. The van der Waals surface area contributed by atoms with E-state index in [9.17, 15) is 13.2 Å². The summed E-state index contributed by atoms with van der Waals surface area (Å²) in [5, 5.41) is 0. The fourth-order valence-corrected chi connectivity index (χ4v) is 2.46. The van der Waals surface area contributed by atoms with Crippen LogP contribution >= 0.6 is 0 Å². The van der Waals surface area contributed by atoms with Gasteiger partial charge in [-0.05, 0) is 42.9 Å². The zero-order chi connectivity index (χ0) is 11.8. The molecule has 1 aliphatic carbocycles. The highest BCUT2D eigenvalue weighted by atomic mass is 19.4. The van der Waals surface area contributed by atoms with Crippen LogP contribution in [0.4, 0.5) is 13.2 Å². The highest BCUT2D eigenvalue weighted by Crippen LogP contribution is 2.38. The summed E-state index contributed by atoms with van der Waals surface area (Å²) in [6, 6.07) is 4.78. The van der Waals surface area contributed by atoms with E-state index in [2.05, 4.69) is 0 Å². The van der Waals surface area contributed by atoms with Gasteiger partial charge in [-0.15, -0.1) is 0 Å². The molecule has 1 aromatic rings. The molecule has 0 heterocycles. The summed E-state index contributed by atoms with van der Waals surface area (Å²) in [6.07, 6.45) is 0.110. The maximum atomic E-state index is 12.7. The van der Waals surface area contributed by atoms with Crippen LogP contribution in [0.5, 0.6) is 0 Å². The van der Waals surface area contributed by atoms with Gasteiger partial charge in [-0.2, -0.15) is 13.2 Å². The predicted molar refractivity (Wildman–Crippen MR) is 57.4 cm³/mol. The summed E-state index contributed by atoms with van der Waals surface area (Å²) in [6.45, 7) is 1.52. The molecule has 1 aliphatic rings. The van der Waals surface area contributed by atoms with Crippen LogP contribution in [-0.4, -0.2) is 0 Å². The highest BCUT2D eigenvalue weighted by Gasteiger charge is 2.33. The van der Waals surface area contributed by atoms with Gasteiger partial charge < -0.3 is 0 Å². The Bertz CT molecular complexity index is 373. The van der Waals surface area contributed by atoms with E-state index < -0.39 is 11.7 Å². The summed E-state index contributed by atoms with van der Waals surface area (Å²) >= 11 is 0. The monoisotopic (exact) mass is 228 g/mol. The quantitative estimate of drug-likeness (QED) is 0.655.